The van der Waals surface area contributed by atoms with E-state index in [0.29, 0.717) is 18.4 Å². The predicted octanol–water partition coefficient (Wildman–Crippen LogP) is 4.98. The molecular formula is C17H32O2. The van der Waals surface area contributed by atoms with Crippen molar-refractivity contribution in [2.75, 3.05) is 6.61 Å². The number of carbonyl (C=O) groups is 1. The van der Waals surface area contributed by atoms with Crippen molar-refractivity contribution in [1.29, 1.82) is 0 Å². The molecule has 0 rings (SSSR count). The summed E-state index contributed by atoms with van der Waals surface area (Å²) in [6.45, 7) is 13.2. The molecule has 0 saturated carbocycles. The predicted molar refractivity (Wildman–Crippen MR) is 82.0 cm³/mol. The van der Waals surface area contributed by atoms with E-state index >= 15 is 0 Å². The van der Waals surface area contributed by atoms with Gasteiger partial charge in [-0.15, -0.1) is 0 Å². The molecule has 0 saturated heterocycles. The van der Waals surface area contributed by atoms with Gasteiger partial charge in [0.2, 0.25) is 0 Å². The van der Waals surface area contributed by atoms with Crippen molar-refractivity contribution in [1.82, 2.24) is 0 Å². The van der Waals surface area contributed by atoms with Crippen molar-refractivity contribution in [3.63, 3.8) is 0 Å². The molecule has 0 unspecified atom stereocenters. The number of hydrogen-bond donors (Lipinski definition) is 0. The summed E-state index contributed by atoms with van der Waals surface area (Å²) in [6.07, 6.45) is 7.07. The fourth-order valence-electron chi connectivity index (χ4n) is 2.84. The second kappa shape index (κ2) is 10.1. The van der Waals surface area contributed by atoms with Crippen LogP contribution in [0.3, 0.4) is 0 Å². The van der Waals surface area contributed by atoms with E-state index in [1.807, 2.05) is 13.8 Å². The van der Waals surface area contributed by atoms with Crippen LogP contribution in [-0.4, -0.2) is 12.6 Å². The molecule has 0 aliphatic carbocycles. The maximum atomic E-state index is 11.5. The minimum absolute atomic E-state index is 0.179. The summed E-state index contributed by atoms with van der Waals surface area (Å²) in [6, 6.07) is 0. The number of carbonyl (C=O) groups excluding carboxylic acids is 1. The lowest BCUT2D eigenvalue weighted by Gasteiger charge is -2.19. The lowest BCUT2D eigenvalue weighted by molar-refractivity contribution is -0.138. The van der Waals surface area contributed by atoms with Crippen LogP contribution >= 0.6 is 0 Å². The fraction of sp³-hybridized carbons (Fsp3) is 0.824. The van der Waals surface area contributed by atoms with Crippen LogP contribution in [0.2, 0.25) is 0 Å². The highest BCUT2D eigenvalue weighted by Gasteiger charge is 2.12. The van der Waals surface area contributed by atoms with Crippen LogP contribution in [0.4, 0.5) is 0 Å². The van der Waals surface area contributed by atoms with Crippen LogP contribution in [-0.2, 0) is 9.53 Å². The van der Waals surface area contributed by atoms with Gasteiger partial charge in [-0.1, -0.05) is 46.6 Å². The van der Waals surface area contributed by atoms with Crippen LogP contribution in [0.1, 0.15) is 67.2 Å². The Kier molecular flexibility index (Phi) is 9.63. The molecule has 0 N–H and O–H groups in total. The second-order valence-electron chi connectivity index (χ2n) is 6.02. The Bertz CT molecular complexity index is 281. The normalized spacial score (nSPS) is 16.8. The molecule has 0 bridgehead atoms. The number of rotatable bonds is 9. The molecule has 0 aliphatic heterocycles. The zero-order valence-electron chi connectivity index (χ0n) is 13.7. The Morgan fingerprint density at radius 2 is 1.74 bits per heavy atom. The van der Waals surface area contributed by atoms with Crippen molar-refractivity contribution in [2.24, 2.45) is 17.8 Å². The van der Waals surface area contributed by atoms with Crippen LogP contribution in [0.25, 0.3) is 0 Å². The molecule has 0 radical (unpaired) electrons. The molecule has 2 nitrogen and oxygen atoms in total. The molecule has 0 fully saturated rings. The van der Waals surface area contributed by atoms with E-state index in [-0.39, 0.29) is 5.97 Å². The molecule has 0 aliphatic rings. The fourth-order valence-corrected chi connectivity index (χ4v) is 2.84. The van der Waals surface area contributed by atoms with Crippen molar-refractivity contribution in [3.8, 4) is 0 Å². The summed E-state index contributed by atoms with van der Waals surface area (Å²) in [5.74, 6) is 1.78. The third kappa shape index (κ3) is 8.85. The van der Waals surface area contributed by atoms with Crippen LogP contribution < -0.4 is 0 Å². The highest BCUT2D eigenvalue weighted by molar-refractivity contribution is 5.87. The minimum atomic E-state index is -0.179. The van der Waals surface area contributed by atoms with Crippen molar-refractivity contribution < 1.29 is 9.53 Å². The summed E-state index contributed by atoms with van der Waals surface area (Å²) >= 11 is 0. The summed E-state index contributed by atoms with van der Waals surface area (Å²) in [7, 11) is 0. The SMILES string of the molecule is CCC[C@H](C)C[C@H](C)C[C@H](C)/C=C(\C)C(=O)OCC. The zero-order chi connectivity index (χ0) is 14.8. The monoisotopic (exact) mass is 268 g/mol. The van der Waals surface area contributed by atoms with E-state index in [2.05, 4.69) is 33.8 Å². The smallest absolute Gasteiger partial charge is 0.333 e. The number of esters is 1. The van der Waals surface area contributed by atoms with Crippen molar-refractivity contribution in [3.05, 3.63) is 11.6 Å². The summed E-state index contributed by atoms with van der Waals surface area (Å²) < 4.78 is 5.00. The first-order chi connectivity index (χ1) is 8.90. The highest BCUT2D eigenvalue weighted by atomic mass is 16.5. The molecule has 0 heterocycles. The van der Waals surface area contributed by atoms with Gasteiger partial charge < -0.3 is 4.74 Å². The van der Waals surface area contributed by atoms with E-state index in [1.54, 1.807) is 0 Å². The second-order valence-corrected chi connectivity index (χ2v) is 6.02. The molecule has 0 amide bonds. The standard InChI is InChI=1S/C17H32O2/c1-7-9-13(3)10-14(4)11-15(5)12-16(6)17(18)19-8-2/h12-15H,7-11H2,1-6H3/b16-12+/t13-,14-,15-/m0/s1. The molecule has 112 valence electrons. The van der Waals surface area contributed by atoms with Gasteiger partial charge in [0, 0.05) is 5.57 Å². The molecular weight excluding hydrogens is 236 g/mol. The third-order valence-corrected chi connectivity index (χ3v) is 3.49. The molecule has 0 spiro atoms. The lowest BCUT2D eigenvalue weighted by Crippen LogP contribution is -2.09. The Morgan fingerprint density at radius 3 is 2.26 bits per heavy atom. The molecule has 3 atom stereocenters. The third-order valence-electron chi connectivity index (χ3n) is 3.49. The van der Waals surface area contributed by atoms with E-state index in [0.717, 1.165) is 17.9 Å². The average molecular weight is 268 g/mol. The quantitative estimate of drug-likeness (QED) is 0.435. The number of ether oxygens (including phenoxy) is 1. The van der Waals surface area contributed by atoms with Gasteiger partial charge in [-0.3, -0.25) is 0 Å². The molecule has 0 aromatic heterocycles. The first-order valence-corrected chi connectivity index (χ1v) is 7.76. The maximum absolute atomic E-state index is 11.5. The Morgan fingerprint density at radius 1 is 1.11 bits per heavy atom. The van der Waals surface area contributed by atoms with E-state index in [9.17, 15) is 4.79 Å². The van der Waals surface area contributed by atoms with Gasteiger partial charge in [0.05, 0.1) is 6.61 Å². The lowest BCUT2D eigenvalue weighted by atomic mass is 9.87. The van der Waals surface area contributed by atoms with Crippen LogP contribution in [0.5, 0.6) is 0 Å². The average Bonchev–Trinajstić information content (AvgIpc) is 2.28. The van der Waals surface area contributed by atoms with E-state index in [1.165, 1.54) is 19.3 Å². The first-order valence-electron chi connectivity index (χ1n) is 7.76. The van der Waals surface area contributed by atoms with Gasteiger partial charge in [-0.25, -0.2) is 4.79 Å². The summed E-state index contributed by atoms with van der Waals surface area (Å²) in [5.41, 5.74) is 0.739. The van der Waals surface area contributed by atoms with Crippen LogP contribution in [0, 0.1) is 17.8 Å². The van der Waals surface area contributed by atoms with E-state index < -0.39 is 0 Å². The van der Waals surface area contributed by atoms with Gasteiger partial charge in [0.1, 0.15) is 0 Å². The number of hydrogen-bond acceptors (Lipinski definition) is 2. The van der Waals surface area contributed by atoms with Gasteiger partial charge in [-0.05, 0) is 44.4 Å². The van der Waals surface area contributed by atoms with Gasteiger partial charge in [-0.2, -0.15) is 0 Å². The van der Waals surface area contributed by atoms with Crippen molar-refractivity contribution >= 4 is 5.97 Å². The summed E-state index contributed by atoms with van der Waals surface area (Å²) in [5, 5.41) is 0. The molecule has 0 aromatic carbocycles. The zero-order valence-corrected chi connectivity index (χ0v) is 13.7. The topological polar surface area (TPSA) is 26.3 Å². The largest absolute Gasteiger partial charge is 0.463 e. The first kappa shape index (κ1) is 18.2. The van der Waals surface area contributed by atoms with E-state index in [4.69, 9.17) is 4.74 Å². The number of allylic oxidation sites excluding steroid dienone is 1. The Hall–Kier alpha value is -0.790. The Labute approximate surface area is 119 Å². The van der Waals surface area contributed by atoms with Gasteiger partial charge in [0.25, 0.3) is 0 Å². The molecule has 19 heavy (non-hydrogen) atoms. The summed E-state index contributed by atoms with van der Waals surface area (Å²) in [4.78, 5) is 11.5. The molecule has 0 aromatic rings. The maximum Gasteiger partial charge on any atom is 0.333 e. The minimum Gasteiger partial charge on any atom is -0.463 e. The van der Waals surface area contributed by atoms with Gasteiger partial charge >= 0.3 is 5.97 Å². The molecule has 2 heteroatoms. The van der Waals surface area contributed by atoms with Crippen LogP contribution in [0.15, 0.2) is 11.6 Å². The van der Waals surface area contributed by atoms with Crippen molar-refractivity contribution in [2.45, 2.75) is 67.2 Å². The Balaban J connectivity index is 4.18. The highest BCUT2D eigenvalue weighted by Crippen LogP contribution is 2.23. The van der Waals surface area contributed by atoms with Gasteiger partial charge in [0.15, 0.2) is 0 Å².